The van der Waals surface area contributed by atoms with Gasteiger partial charge in [0.1, 0.15) is 0 Å². The minimum absolute atomic E-state index is 0.135. The van der Waals surface area contributed by atoms with E-state index in [4.69, 9.17) is 5.11 Å². The van der Waals surface area contributed by atoms with Crippen molar-refractivity contribution in [2.45, 2.75) is 20.3 Å². The third-order valence-corrected chi connectivity index (χ3v) is 4.41. The molecule has 118 valence electrons. The summed E-state index contributed by atoms with van der Waals surface area (Å²) in [5.74, 6) is 0.244. The minimum atomic E-state index is -0.266. The van der Waals surface area contributed by atoms with Crippen molar-refractivity contribution in [2.75, 3.05) is 18.5 Å². The summed E-state index contributed by atoms with van der Waals surface area (Å²) in [6.45, 7) is 4.58. The van der Waals surface area contributed by atoms with Crippen molar-refractivity contribution in [3.05, 3.63) is 36.0 Å². The lowest BCUT2D eigenvalue weighted by molar-refractivity contribution is 0.243. The zero-order valence-electron chi connectivity index (χ0n) is 12.8. The van der Waals surface area contributed by atoms with Crippen LogP contribution in [0, 0.1) is 12.8 Å². The number of rotatable bonds is 6. The number of aryl methyl sites for hydroxylation is 1. The van der Waals surface area contributed by atoms with Gasteiger partial charge in [0.05, 0.1) is 10.6 Å². The highest BCUT2D eigenvalue weighted by atomic mass is 32.1. The molecule has 0 radical (unpaired) electrons. The smallest absolute Gasteiger partial charge is 0.321 e. The second kappa shape index (κ2) is 7.91. The Bertz CT molecular complexity index is 613. The lowest BCUT2D eigenvalue weighted by atomic mass is 10.1. The van der Waals surface area contributed by atoms with Gasteiger partial charge in [0.25, 0.3) is 0 Å². The summed E-state index contributed by atoms with van der Waals surface area (Å²) >= 11 is 1.46. The van der Waals surface area contributed by atoms with Crippen molar-refractivity contribution in [2.24, 2.45) is 5.92 Å². The summed E-state index contributed by atoms with van der Waals surface area (Å²) < 4.78 is 0. The number of thiazole rings is 1. The molecule has 2 amide bonds. The Morgan fingerprint density at radius 3 is 2.77 bits per heavy atom. The Kier molecular flexibility index (Phi) is 5.91. The van der Waals surface area contributed by atoms with Gasteiger partial charge in [-0.15, -0.1) is 0 Å². The van der Waals surface area contributed by atoms with E-state index in [9.17, 15) is 4.79 Å². The van der Waals surface area contributed by atoms with Crippen LogP contribution in [0.15, 0.2) is 30.3 Å². The Morgan fingerprint density at radius 1 is 1.36 bits per heavy atom. The van der Waals surface area contributed by atoms with Crippen LogP contribution in [0.25, 0.3) is 10.4 Å². The average molecular weight is 319 g/mol. The van der Waals surface area contributed by atoms with Crippen molar-refractivity contribution in [3.8, 4) is 10.4 Å². The molecule has 0 fully saturated rings. The Labute approximate surface area is 134 Å². The van der Waals surface area contributed by atoms with Crippen molar-refractivity contribution in [1.29, 1.82) is 0 Å². The molecule has 1 unspecified atom stereocenters. The van der Waals surface area contributed by atoms with Gasteiger partial charge in [-0.2, -0.15) is 0 Å². The topological polar surface area (TPSA) is 74.2 Å². The van der Waals surface area contributed by atoms with Crippen molar-refractivity contribution in [3.63, 3.8) is 0 Å². The molecule has 1 aromatic carbocycles. The molecule has 1 atom stereocenters. The molecule has 0 aliphatic rings. The fraction of sp³-hybridized carbons (Fsp3) is 0.375. The molecule has 1 heterocycles. The number of urea groups is 1. The number of carbonyl (C=O) groups is 1. The highest BCUT2D eigenvalue weighted by Crippen LogP contribution is 2.32. The second-order valence-electron chi connectivity index (χ2n) is 5.25. The van der Waals surface area contributed by atoms with E-state index in [0.717, 1.165) is 16.1 Å². The number of carbonyl (C=O) groups excluding carboxylic acids is 1. The maximum absolute atomic E-state index is 11.9. The van der Waals surface area contributed by atoms with Crippen LogP contribution in [0.5, 0.6) is 0 Å². The Morgan fingerprint density at radius 2 is 2.09 bits per heavy atom. The van der Waals surface area contributed by atoms with E-state index in [0.29, 0.717) is 18.1 Å². The summed E-state index contributed by atoms with van der Waals surface area (Å²) in [6.07, 6.45) is 0.675. The minimum Gasteiger partial charge on any atom is -0.396 e. The highest BCUT2D eigenvalue weighted by molar-refractivity contribution is 7.19. The quantitative estimate of drug-likeness (QED) is 0.765. The number of amides is 2. The molecular formula is C16H21N3O2S. The lowest BCUT2D eigenvalue weighted by Gasteiger charge is -2.10. The number of nitrogens with zero attached hydrogens (tertiary/aromatic N) is 1. The number of benzene rings is 1. The first kappa shape index (κ1) is 16.5. The van der Waals surface area contributed by atoms with Crippen LogP contribution in [-0.4, -0.2) is 29.3 Å². The largest absolute Gasteiger partial charge is 0.396 e. The van der Waals surface area contributed by atoms with Gasteiger partial charge in [0.15, 0.2) is 5.13 Å². The zero-order valence-corrected chi connectivity index (χ0v) is 13.6. The molecule has 2 rings (SSSR count). The molecule has 5 nitrogen and oxygen atoms in total. The second-order valence-corrected chi connectivity index (χ2v) is 6.25. The molecular weight excluding hydrogens is 298 g/mol. The summed E-state index contributed by atoms with van der Waals surface area (Å²) in [4.78, 5) is 17.3. The maximum atomic E-state index is 11.9. The number of aromatic nitrogens is 1. The summed E-state index contributed by atoms with van der Waals surface area (Å²) in [7, 11) is 0. The molecule has 22 heavy (non-hydrogen) atoms. The first-order valence-corrected chi connectivity index (χ1v) is 8.10. The van der Waals surface area contributed by atoms with Gasteiger partial charge in [-0.1, -0.05) is 48.6 Å². The van der Waals surface area contributed by atoms with Crippen LogP contribution < -0.4 is 10.6 Å². The number of aliphatic hydroxyl groups is 1. The van der Waals surface area contributed by atoms with E-state index in [-0.39, 0.29) is 18.6 Å². The first-order chi connectivity index (χ1) is 10.6. The van der Waals surface area contributed by atoms with Gasteiger partial charge in [-0.25, -0.2) is 9.78 Å². The molecule has 2 aromatic rings. The van der Waals surface area contributed by atoms with Crippen molar-refractivity contribution in [1.82, 2.24) is 10.3 Å². The summed E-state index contributed by atoms with van der Waals surface area (Å²) in [5.41, 5.74) is 2.00. The van der Waals surface area contributed by atoms with Crippen LogP contribution >= 0.6 is 11.3 Å². The number of hydrogen-bond donors (Lipinski definition) is 3. The molecule has 1 aromatic heterocycles. The Balaban J connectivity index is 1.95. The maximum Gasteiger partial charge on any atom is 0.321 e. The summed E-state index contributed by atoms with van der Waals surface area (Å²) in [6, 6.07) is 9.73. The fourth-order valence-electron chi connectivity index (χ4n) is 2.04. The van der Waals surface area contributed by atoms with Crippen LogP contribution in [-0.2, 0) is 0 Å². The number of nitrogens with one attached hydrogen (secondary N) is 2. The van der Waals surface area contributed by atoms with E-state index in [1.54, 1.807) is 0 Å². The predicted molar refractivity (Wildman–Crippen MR) is 90.2 cm³/mol. The van der Waals surface area contributed by atoms with Crippen LogP contribution in [0.4, 0.5) is 9.93 Å². The van der Waals surface area contributed by atoms with E-state index in [2.05, 4.69) is 15.6 Å². The van der Waals surface area contributed by atoms with Gasteiger partial charge < -0.3 is 10.4 Å². The lowest BCUT2D eigenvalue weighted by Crippen LogP contribution is -2.32. The van der Waals surface area contributed by atoms with Crippen molar-refractivity contribution < 1.29 is 9.90 Å². The van der Waals surface area contributed by atoms with Crippen LogP contribution in [0.1, 0.15) is 19.0 Å². The molecule has 0 aliphatic heterocycles. The molecule has 0 saturated heterocycles. The predicted octanol–water partition coefficient (Wildman–Crippen LogP) is 3.26. The van der Waals surface area contributed by atoms with Gasteiger partial charge >= 0.3 is 6.03 Å². The molecule has 0 aliphatic carbocycles. The van der Waals surface area contributed by atoms with E-state index in [1.807, 2.05) is 44.2 Å². The van der Waals surface area contributed by atoms with E-state index in [1.165, 1.54) is 11.3 Å². The van der Waals surface area contributed by atoms with Crippen molar-refractivity contribution >= 4 is 22.5 Å². The number of aliphatic hydroxyl groups excluding tert-OH is 1. The van der Waals surface area contributed by atoms with E-state index >= 15 is 0 Å². The van der Waals surface area contributed by atoms with Crippen LogP contribution in [0.2, 0.25) is 0 Å². The number of hydrogen-bond acceptors (Lipinski definition) is 4. The normalized spacial score (nSPS) is 12.0. The molecule has 0 bridgehead atoms. The summed E-state index contributed by atoms with van der Waals surface area (Å²) in [5, 5.41) is 15.0. The van der Waals surface area contributed by atoms with Gasteiger partial charge in [0.2, 0.25) is 0 Å². The fourth-order valence-corrected chi connectivity index (χ4v) is 3.00. The average Bonchev–Trinajstić information content (AvgIpc) is 2.87. The monoisotopic (exact) mass is 319 g/mol. The van der Waals surface area contributed by atoms with Gasteiger partial charge in [-0.3, -0.25) is 5.32 Å². The molecule has 3 N–H and O–H groups in total. The Hall–Kier alpha value is -1.92. The van der Waals surface area contributed by atoms with Crippen LogP contribution in [0.3, 0.4) is 0 Å². The first-order valence-electron chi connectivity index (χ1n) is 7.28. The molecule has 0 saturated carbocycles. The number of anilines is 1. The highest BCUT2D eigenvalue weighted by Gasteiger charge is 2.12. The molecule has 6 heteroatoms. The SMILES string of the molecule is Cc1nc(NC(=O)NCC(C)CCO)sc1-c1ccccc1. The third kappa shape index (κ3) is 4.54. The van der Waals surface area contributed by atoms with Gasteiger partial charge in [0, 0.05) is 13.2 Å². The van der Waals surface area contributed by atoms with Gasteiger partial charge in [-0.05, 0) is 24.8 Å². The zero-order chi connectivity index (χ0) is 15.9. The van der Waals surface area contributed by atoms with E-state index < -0.39 is 0 Å². The standard InChI is InChI=1S/C16H21N3O2S/c1-11(8-9-20)10-17-15(21)19-16-18-12(2)14(22-16)13-6-4-3-5-7-13/h3-7,11,20H,8-10H2,1-2H3,(H2,17,18,19,21). The third-order valence-electron chi connectivity index (χ3n) is 3.29. The molecule has 0 spiro atoms.